The molecule has 2 atom stereocenters. The Bertz CT molecular complexity index is 1080. The number of para-hydroxylation sites is 2. The monoisotopic (exact) mass is 450 g/mol. The minimum Gasteiger partial charge on any atom is -0.424 e. The Morgan fingerprint density at radius 3 is 2.88 bits per heavy atom. The third-order valence-corrected chi connectivity index (χ3v) is 6.99. The molecule has 33 heavy (non-hydrogen) atoms. The minimum absolute atomic E-state index is 0.0340. The summed E-state index contributed by atoms with van der Waals surface area (Å²) in [4.78, 5) is 17.7. The number of rotatable bonds is 8. The first kappa shape index (κ1) is 21.7. The van der Waals surface area contributed by atoms with Gasteiger partial charge in [-0.25, -0.2) is 4.39 Å². The average Bonchev–Trinajstić information content (AvgIpc) is 3.42. The molecule has 0 bridgehead atoms. The second-order valence-electron chi connectivity index (χ2n) is 9.31. The van der Waals surface area contributed by atoms with E-state index in [1.165, 1.54) is 25.3 Å². The zero-order chi connectivity index (χ0) is 22.6. The van der Waals surface area contributed by atoms with E-state index in [0.29, 0.717) is 24.1 Å². The van der Waals surface area contributed by atoms with Gasteiger partial charge in [-0.2, -0.15) is 4.98 Å². The summed E-state index contributed by atoms with van der Waals surface area (Å²) in [6.45, 7) is 1.30. The van der Waals surface area contributed by atoms with Crippen LogP contribution in [0.3, 0.4) is 0 Å². The zero-order valence-electron chi connectivity index (χ0n) is 18.8. The average molecular weight is 451 g/mol. The third kappa shape index (κ3) is 5.13. The van der Waals surface area contributed by atoms with E-state index in [9.17, 15) is 9.18 Å². The topological polar surface area (TPSA) is 79.2 Å². The first-order chi connectivity index (χ1) is 16.2. The number of carbonyl (C=O) groups excluding carboxylic acids is 1. The second kappa shape index (κ2) is 9.81. The number of hydrogen-bond acceptors (Lipinski definition) is 5. The second-order valence-corrected chi connectivity index (χ2v) is 9.31. The Kier molecular flexibility index (Phi) is 6.46. The molecule has 5 rings (SSSR count). The van der Waals surface area contributed by atoms with Crippen molar-refractivity contribution in [2.24, 2.45) is 5.92 Å². The van der Waals surface area contributed by atoms with Crippen LogP contribution in [0.5, 0.6) is 0 Å². The molecule has 0 radical (unpaired) electrons. The quantitative estimate of drug-likeness (QED) is 0.426. The number of hydrogen-bond donors (Lipinski definition) is 3. The lowest BCUT2D eigenvalue weighted by atomic mass is 9.84. The molecule has 2 heterocycles. The van der Waals surface area contributed by atoms with E-state index in [1.807, 2.05) is 24.3 Å². The fourth-order valence-electron chi connectivity index (χ4n) is 5.20. The number of benzene rings is 2. The Hall–Kier alpha value is -3.09. The van der Waals surface area contributed by atoms with Gasteiger partial charge in [0.25, 0.3) is 6.01 Å². The van der Waals surface area contributed by atoms with Crippen molar-refractivity contribution in [3.05, 3.63) is 53.8 Å². The molecule has 2 aromatic carbocycles. The van der Waals surface area contributed by atoms with E-state index in [0.717, 1.165) is 49.0 Å². The highest BCUT2D eigenvalue weighted by Crippen LogP contribution is 2.34. The van der Waals surface area contributed by atoms with Gasteiger partial charge in [-0.3, -0.25) is 4.79 Å². The van der Waals surface area contributed by atoms with Crippen LogP contribution in [-0.4, -0.2) is 30.0 Å². The van der Waals surface area contributed by atoms with Gasteiger partial charge in [0.1, 0.15) is 17.4 Å². The summed E-state index contributed by atoms with van der Waals surface area (Å²) in [5.41, 5.74) is 3.46. The fraction of sp³-hybridized carbons (Fsp3) is 0.462. The summed E-state index contributed by atoms with van der Waals surface area (Å²) in [6.07, 6.45) is 7.59. The summed E-state index contributed by atoms with van der Waals surface area (Å²) < 4.78 is 19.5. The Morgan fingerprint density at radius 2 is 2.03 bits per heavy atom. The highest BCUT2D eigenvalue weighted by molar-refractivity contribution is 5.84. The van der Waals surface area contributed by atoms with Crippen LogP contribution in [0.2, 0.25) is 0 Å². The molecule has 0 spiro atoms. The van der Waals surface area contributed by atoms with Crippen molar-refractivity contribution in [1.29, 1.82) is 0 Å². The van der Waals surface area contributed by atoms with Gasteiger partial charge in [0.15, 0.2) is 5.58 Å². The van der Waals surface area contributed by atoms with Gasteiger partial charge < -0.3 is 20.4 Å². The van der Waals surface area contributed by atoms with Crippen LogP contribution in [0.25, 0.3) is 11.1 Å². The molecule has 1 amide bonds. The maximum atomic E-state index is 13.7. The van der Waals surface area contributed by atoms with Gasteiger partial charge in [0, 0.05) is 24.7 Å². The molecule has 1 aromatic heterocycles. The van der Waals surface area contributed by atoms with Gasteiger partial charge in [-0.1, -0.05) is 44.2 Å². The maximum Gasteiger partial charge on any atom is 0.296 e. The molecule has 174 valence electrons. The van der Waals surface area contributed by atoms with E-state index < -0.39 is 6.04 Å². The van der Waals surface area contributed by atoms with Crippen LogP contribution in [0.4, 0.5) is 16.1 Å². The lowest BCUT2D eigenvalue weighted by molar-refractivity contribution is -0.122. The molecule has 3 aromatic rings. The van der Waals surface area contributed by atoms with Crippen LogP contribution in [0.1, 0.15) is 56.4 Å². The minimum atomic E-state index is -0.396. The molecule has 0 saturated heterocycles. The number of fused-ring (bicyclic) bond motifs is 2. The molecule has 6 nitrogen and oxygen atoms in total. The molecule has 1 aliphatic carbocycles. The number of carbonyl (C=O) groups is 1. The molecular weight excluding hydrogens is 419 g/mol. The van der Waals surface area contributed by atoms with Crippen molar-refractivity contribution >= 4 is 28.7 Å². The molecule has 1 unspecified atom stereocenters. The third-order valence-electron chi connectivity index (χ3n) is 6.99. The lowest BCUT2D eigenvalue weighted by Gasteiger charge is -2.26. The standard InChI is InChI=1S/C26H31FN4O2/c27-19-10-11-21-20(15-19)18(16-29-21)12-13-28-25(32)23(14-17-6-2-1-3-7-17)31-26-30-22-8-4-5-9-24(22)33-26/h4-5,8-11,15,17-18,23,29H,1-3,6-7,12-14,16H2,(H,28,32)(H,30,31)/t18?,23-/m0/s1. The smallest absolute Gasteiger partial charge is 0.296 e. The predicted molar refractivity (Wildman–Crippen MR) is 128 cm³/mol. The lowest BCUT2D eigenvalue weighted by Crippen LogP contribution is -2.41. The van der Waals surface area contributed by atoms with E-state index in [4.69, 9.17) is 4.42 Å². The summed E-state index contributed by atoms with van der Waals surface area (Å²) in [6, 6.07) is 12.5. The van der Waals surface area contributed by atoms with Gasteiger partial charge in [0.2, 0.25) is 5.91 Å². The van der Waals surface area contributed by atoms with Crippen molar-refractivity contribution in [2.75, 3.05) is 23.7 Å². The van der Waals surface area contributed by atoms with Gasteiger partial charge in [-0.15, -0.1) is 0 Å². The van der Waals surface area contributed by atoms with Crippen molar-refractivity contribution in [2.45, 2.75) is 56.9 Å². The van der Waals surface area contributed by atoms with Crippen LogP contribution >= 0.6 is 0 Å². The summed E-state index contributed by atoms with van der Waals surface area (Å²) in [7, 11) is 0. The number of anilines is 2. The van der Waals surface area contributed by atoms with Crippen LogP contribution in [0, 0.1) is 11.7 Å². The van der Waals surface area contributed by atoms with E-state index >= 15 is 0 Å². The van der Waals surface area contributed by atoms with Crippen LogP contribution < -0.4 is 16.0 Å². The van der Waals surface area contributed by atoms with Crippen molar-refractivity contribution in [3.63, 3.8) is 0 Å². The number of oxazole rings is 1. The Labute approximate surface area is 193 Å². The first-order valence-electron chi connectivity index (χ1n) is 12.1. The van der Waals surface area contributed by atoms with Crippen molar-refractivity contribution < 1.29 is 13.6 Å². The summed E-state index contributed by atoms with van der Waals surface area (Å²) in [5.74, 6) is 0.466. The zero-order valence-corrected chi connectivity index (χ0v) is 18.8. The highest BCUT2D eigenvalue weighted by Gasteiger charge is 2.27. The van der Waals surface area contributed by atoms with E-state index in [1.54, 1.807) is 12.1 Å². The predicted octanol–water partition coefficient (Wildman–Crippen LogP) is 5.43. The number of nitrogens with zero attached hydrogens (tertiary/aromatic N) is 1. The maximum absolute atomic E-state index is 13.7. The van der Waals surface area contributed by atoms with Gasteiger partial charge >= 0.3 is 0 Å². The molecule has 2 aliphatic rings. The largest absolute Gasteiger partial charge is 0.424 e. The first-order valence-corrected chi connectivity index (χ1v) is 12.1. The number of halogens is 1. The van der Waals surface area contributed by atoms with Gasteiger partial charge in [0.05, 0.1) is 0 Å². The van der Waals surface area contributed by atoms with E-state index in [2.05, 4.69) is 20.9 Å². The fourth-order valence-corrected chi connectivity index (χ4v) is 5.20. The highest BCUT2D eigenvalue weighted by atomic mass is 19.1. The summed E-state index contributed by atoms with van der Waals surface area (Å²) >= 11 is 0. The van der Waals surface area contributed by atoms with Crippen molar-refractivity contribution in [1.82, 2.24) is 10.3 Å². The number of aromatic nitrogens is 1. The Balaban J connectivity index is 1.22. The molecule has 7 heteroatoms. The number of amides is 1. The number of nitrogens with one attached hydrogen (secondary N) is 3. The summed E-state index contributed by atoms with van der Waals surface area (Å²) in [5, 5.41) is 9.70. The van der Waals surface area contributed by atoms with Crippen LogP contribution in [0.15, 0.2) is 46.9 Å². The Morgan fingerprint density at radius 1 is 1.18 bits per heavy atom. The molecule has 3 N–H and O–H groups in total. The van der Waals surface area contributed by atoms with Gasteiger partial charge in [-0.05, 0) is 54.7 Å². The SMILES string of the molecule is O=C(NCCC1CNc2ccc(F)cc21)[C@H](CC1CCCCC1)Nc1nc2ccccc2o1. The van der Waals surface area contributed by atoms with Crippen molar-refractivity contribution in [3.8, 4) is 0 Å². The molecule has 1 fully saturated rings. The molecular formula is C26H31FN4O2. The molecule has 1 saturated carbocycles. The van der Waals surface area contributed by atoms with Crippen LogP contribution in [-0.2, 0) is 4.79 Å². The normalized spacial score (nSPS) is 19.1. The molecule has 1 aliphatic heterocycles. The van der Waals surface area contributed by atoms with E-state index in [-0.39, 0.29) is 17.6 Å².